The van der Waals surface area contributed by atoms with Crippen molar-refractivity contribution < 1.29 is 18.7 Å². The van der Waals surface area contributed by atoms with Crippen LogP contribution in [0.1, 0.15) is 18.5 Å². The first-order chi connectivity index (χ1) is 10.6. The van der Waals surface area contributed by atoms with Crippen molar-refractivity contribution in [3.05, 3.63) is 53.8 Å². The number of hydrogen-bond donors (Lipinski definition) is 2. The van der Waals surface area contributed by atoms with Gasteiger partial charge in [0.15, 0.2) is 11.5 Å². The van der Waals surface area contributed by atoms with Gasteiger partial charge in [-0.15, -0.1) is 0 Å². The molecule has 0 saturated heterocycles. The number of hydrogen-bond acceptors (Lipinski definition) is 3. The summed E-state index contributed by atoms with van der Waals surface area (Å²) in [5.74, 6) is 0.957. The molecule has 6 heteroatoms. The molecule has 0 bridgehead atoms. The number of fused-ring (bicyclic) bond motifs is 1. The average Bonchev–Trinajstić information content (AvgIpc) is 2.94. The molecule has 0 aliphatic carbocycles. The van der Waals surface area contributed by atoms with Crippen LogP contribution in [0.25, 0.3) is 0 Å². The first kappa shape index (κ1) is 14.2. The second-order valence-electron chi connectivity index (χ2n) is 4.94. The Kier molecular flexibility index (Phi) is 3.82. The Balaban J connectivity index is 1.63. The van der Waals surface area contributed by atoms with Gasteiger partial charge in [-0.25, -0.2) is 9.18 Å². The predicted octanol–water partition coefficient (Wildman–Crippen LogP) is 3.44. The van der Waals surface area contributed by atoms with Crippen LogP contribution in [-0.2, 0) is 0 Å². The largest absolute Gasteiger partial charge is 0.454 e. The van der Waals surface area contributed by atoms with Gasteiger partial charge in [0, 0.05) is 5.69 Å². The molecule has 1 aliphatic rings. The lowest BCUT2D eigenvalue weighted by Gasteiger charge is -2.15. The van der Waals surface area contributed by atoms with Crippen LogP contribution in [0.5, 0.6) is 11.5 Å². The van der Waals surface area contributed by atoms with Gasteiger partial charge in [-0.1, -0.05) is 12.1 Å². The number of anilines is 1. The Morgan fingerprint density at radius 2 is 2.00 bits per heavy atom. The van der Waals surface area contributed by atoms with Gasteiger partial charge in [0.25, 0.3) is 0 Å². The third-order valence-electron chi connectivity index (χ3n) is 3.33. The van der Waals surface area contributed by atoms with Gasteiger partial charge < -0.3 is 20.1 Å². The average molecular weight is 302 g/mol. The van der Waals surface area contributed by atoms with E-state index in [4.69, 9.17) is 9.47 Å². The van der Waals surface area contributed by atoms with E-state index < -0.39 is 11.8 Å². The van der Waals surface area contributed by atoms with E-state index in [2.05, 4.69) is 10.6 Å². The van der Waals surface area contributed by atoms with Crippen molar-refractivity contribution in [2.45, 2.75) is 13.0 Å². The molecule has 22 heavy (non-hydrogen) atoms. The van der Waals surface area contributed by atoms with E-state index in [1.807, 2.05) is 19.1 Å². The molecule has 114 valence electrons. The van der Waals surface area contributed by atoms with Crippen LogP contribution in [-0.4, -0.2) is 12.8 Å². The molecule has 5 nitrogen and oxygen atoms in total. The van der Waals surface area contributed by atoms with E-state index in [9.17, 15) is 9.18 Å². The Bertz CT molecular complexity index is 706. The zero-order valence-electron chi connectivity index (χ0n) is 11.9. The van der Waals surface area contributed by atoms with E-state index in [-0.39, 0.29) is 12.8 Å². The van der Waals surface area contributed by atoms with Gasteiger partial charge in [-0.05, 0) is 42.8 Å². The fraction of sp³-hybridized carbons (Fsp3) is 0.188. The number of carbonyl (C=O) groups excluding carboxylic acids is 1. The van der Waals surface area contributed by atoms with Gasteiger partial charge in [0.05, 0.1) is 6.04 Å². The fourth-order valence-electron chi connectivity index (χ4n) is 2.20. The van der Waals surface area contributed by atoms with Crippen LogP contribution in [0.4, 0.5) is 14.9 Å². The maximum Gasteiger partial charge on any atom is 0.319 e. The maximum atomic E-state index is 13.1. The summed E-state index contributed by atoms with van der Waals surface area (Å²) < 4.78 is 23.6. The van der Waals surface area contributed by atoms with Crippen molar-refractivity contribution in [3.8, 4) is 11.5 Å². The Labute approximate surface area is 127 Å². The van der Waals surface area contributed by atoms with Crippen molar-refractivity contribution >= 4 is 11.7 Å². The van der Waals surface area contributed by atoms with Crippen LogP contribution in [0, 0.1) is 5.82 Å². The van der Waals surface area contributed by atoms with Gasteiger partial charge in [-0.2, -0.15) is 0 Å². The number of carbonyl (C=O) groups is 1. The summed E-state index contributed by atoms with van der Waals surface area (Å²) in [5.41, 5.74) is 1.29. The lowest BCUT2D eigenvalue weighted by atomic mass is 10.1. The zero-order chi connectivity index (χ0) is 15.5. The van der Waals surface area contributed by atoms with Gasteiger partial charge in [-0.3, -0.25) is 0 Å². The monoisotopic (exact) mass is 302 g/mol. The lowest BCUT2D eigenvalue weighted by molar-refractivity contribution is 0.174. The number of amides is 2. The minimum Gasteiger partial charge on any atom is -0.454 e. The first-order valence-electron chi connectivity index (χ1n) is 6.84. The summed E-state index contributed by atoms with van der Waals surface area (Å²) in [6, 6.07) is 10.6. The number of rotatable bonds is 3. The SMILES string of the molecule is C[C@H](NC(=O)Nc1cccc(F)c1)c1ccc2c(c1)OCO2. The summed E-state index contributed by atoms with van der Waals surface area (Å²) in [4.78, 5) is 11.9. The highest BCUT2D eigenvalue weighted by atomic mass is 19.1. The highest BCUT2D eigenvalue weighted by Gasteiger charge is 2.16. The smallest absolute Gasteiger partial charge is 0.319 e. The van der Waals surface area contributed by atoms with Crippen molar-refractivity contribution in [3.63, 3.8) is 0 Å². The molecule has 0 spiro atoms. The van der Waals surface area contributed by atoms with Crippen molar-refractivity contribution in [1.29, 1.82) is 0 Å². The molecule has 0 aromatic heterocycles. The summed E-state index contributed by atoms with van der Waals surface area (Å²) in [5, 5.41) is 5.38. The molecule has 2 aromatic rings. The standard InChI is InChI=1S/C16H15FN2O3/c1-10(11-5-6-14-15(7-11)22-9-21-14)18-16(20)19-13-4-2-3-12(17)8-13/h2-8,10H,9H2,1H3,(H2,18,19,20)/t10-/m0/s1. The van der Waals surface area contributed by atoms with E-state index in [1.54, 1.807) is 12.1 Å². The normalized spacial score (nSPS) is 13.5. The van der Waals surface area contributed by atoms with Gasteiger partial charge in [0.1, 0.15) is 5.82 Å². The second kappa shape index (κ2) is 5.93. The molecule has 2 amide bonds. The van der Waals surface area contributed by atoms with Crippen LogP contribution in [0.3, 0.4) is 0 Å². The van der Waals surface area contributed by atoms with Crippen molar-refractivity contribution in [1.82, 2.24) is 5.32 Å². The van der Waals surface area contributed by atoms with Crippen LogP contribution < -0.4 is 20.1 Å². The Morgan fingerprint density at radius 3 is 2.82 bits per heavy atom. The molecule has 3 rings (SSSR count). The summed E-state index contributed by atoms with van der Waals surface area (Å²) in [7, 11) is 0. The molecule has 0 radical (unpaired) electrons. The van der Waals surface area contributed by atoms with E-state index in [0.717, 1.165) is 5.56 Å². The summed E-state index contributed by atoms with van der Waals surface area (Å²) in [6.45, 7) is 2.06. The molecule has 0 unspecified atom stereocenters. The molecule has 0 fully saturated rings. The Hall–Kier alpha value is -2.76. The highest BCUT2D eigenvalue weighted by Crippen LogP contribution is 2.34. The Morgan fingerprint density at radius 1 is 1.18 bits per heavy atom. The van der Waals surface area contributed by atoms with Crippen molar-refractivity contribution in [2.24, 2.45) is 0 Å². The minimum atomic E-state index is -0.407. The number of urea groups is 1. The minimum absolute atomic E-state index is 0.209. The lowest BCUT2D eigenvalue weighted by Crippen LogP contribution is -2.31. The number of benzene rings is 2. The highest BCUT2D eigenvalue weighted by molar-refractivity contribution is 5.89. The van der Waals surface area contributed by atoms with E-state index >= 15 is 0 Å². The number of ether oxygens (including phenoxy) is 2. The molecular weight excluding hydrogens is 287 g/mol. The van der Waals surface area contributed by atoms with E-state index in [1.165, 1.54) is 18.2 Å². The predicted molar refractivity (Wildman–Crippen MR) is 79.5 cm³/mol. The second-order valence-corrected chi connectivity index (χ2v) is 4.94. The quantitative estimate of drug-likeness (QED) is 0.913. The fourth-order valence-corrected chi connectivity index (χ4v) is 2.20. The maximum absolute atomic E-state index is 13.1. The number of halogens is 1. The summed E-state index contributed by atoms with van der Waals surface area (Å²) in [6.07, 6.45) is 0. The molecule has 2 N–H and O–H groups in total. The molecule has 1 heterocycles. The van der Waals surface area contributed by atoms with E-state index in [0.29, 0.717) is 17.2 Å². The molecule has 1 aliphatic heterocycles. The molecule has 0 saturated carbocycles. The zero-order valence-corrected chi connectivity index (χ0v) is 11.9. The third-order valence-corrected chi connectivity index (χ3v) is 3.33. The molecule has 1 atom stereocenters. The summed E-state index contributed by atoms with van der Waals surface area (Å²) >= 11 is 0. The molecule has 2 aromatic carbocycles. The van der Waals surface area contributed by atoms with Crippen LogP contribution in [0.15, 0.2) is 42.5 Å². The van der Waals surface area contributed by atoms with Gasteiger partial charge in [0.2, 0.25) is 6.79 Å². The third kappa shape index (κ3) is 3.11. The van der Waals surface area contributed by atoms with Crippen LogP contribution in [0.2, 0.25) is 0 Å². The van der Waals surface area contributed by atoms with Crippen LogP contribution >= 0.6 is 0 Å². The topological polar surface area (TPSA) is 59.6 Å². The first-order valence-corrected chi connectivity index (χ1v) is 6.84. The van der Waals surface area contributed by atoms with Gasteiger partial charge >= 0.3 is 6.03 Å². The molecular formula is C16H15FN2O3. The number of nitrogens with one attached hydrogen (secondary N) is 2. The van der Waals surface area contributed by atoms with Crippen molar-refractivity contribution in [2.75, 3.05) is 12.1 Å².